The van der Waals surface area contributed by atoms with Gasteiger partial charge in [0, 0.05) is 38.0 Å². The Morgan fingerprint density at radius 1 is 1.47 bits per heavy atom. The Labute approximate surface area is 113 Å². The van der Waals surface area contributed by atoms with Gasteiger partial charge in [0.25, 0.3) is 5.69 Å². The molecule has 1 aliphatic heterocycles. The first-order chi connectivity index (χ1) is 9.02. The molecule has 0 aromatic heterocycles. The van der Waals surface area contributed by atoms with Gasteiger partial charge in [-0.15, -0.1) is 0 Å². The second kappa shape index (κ2) is 5.57. The number of non-ortho nitro benzene ring substituents is 1. The van der Waals surface area contributed by atoms with Crippen LogP contribution in [0, 0.1) is 23.0 Å². The molecule has 1 saturated heterocycles. The Morgan fingerprint density at radius 3 is 2.79 bits per heavy atom. The number of hydrogen-bond acceptors (Lipinski definition) is 4. The van der Waals surface area contributed by atoms with Crippen LogP contribution in [-0.4, -0.2) is 31.2 Å². The van der Waals surface area contributed by atoms with E-state index in [2.05, 4.69) is 11.8 Å². The van der Waals surface area contributed by atoms with Crippen LogP contribution in [0.5, 0.6) is 0 Å². The molecule has 2 rings (SSSR count). The van der Waals surface area contributed by atoms with Crippen molar-refractivity contribution in [3.05, 3.63) is 33.9 Å². The highest BCUT2D eigenvalue weighted by molar-refractivity contribution is 5.57. The molecule has 0 N–H and O–H groups in total. The summed E-state index contributed by atoms with van der Waals surface area (Å²) in [5, 5.41) is 10.8. The predicted octanol–water partition coefficient (Wildman–Crippen LogP) is 2.76. The summed E-state index contributed by atoms with van der Waals surface area (Å²) in [6, 6.07) is 5.05. The van der Waals surface area contributed by atoms with E-state index in [1.807, 2.05) is 13.0 Å². The van der Waals surface area contributed by atoms with E-state index in [0.717, 1.165) is 30.8 Å². The van der Waals surface area contributed by atoms with Crippen LogP contribution in [0.3, 0.4) is 0 Å². The number of nitrogens with zero attached hydrogens (tertiary/aromatic N) is 2. The van der Waals surface area contributed by atoms with Crippen LogP contribution in [0.25, 0.3) is 0 Å². The summed E-state index contributed by atoms with van der Waals surface area (Å²) in [5.74, 6) is 0.555. The van der Waals surface area contributed by atoms with Gasteiger partial charge in [0.05, 0.1) is 11.0 Å². The quantitative estimate of drug-likeness (QED) is 0.622. The molecule has 19 heavy (non-hydrogen) atoms. The maximum Gasteiger partial charge on any atom is 0.269 e. The van der Waals surface area contributed by atoms with Crippen LogP contribution in [-0.2, 0) is 4.74 Å². The molecule has 0 saturated carbocycles. The molecule has 0 radical (unpaired) electrons. The van der Waals surface area contributed by atoms with E-state index in [0.29, 0.717) is 5.92 Å². The molecule has 1 aliphatic rings. The van der Waals surface area contributed by atoms with Gasteiger partial charge in [-0.25, -0.2) is 0 Å². The van der Waals surface area contributed by atoms with E-state index in [9.17, 15) is 10.1 Å². The third kappa shape index (κ3) is 2.87. The average Bonchev–Trinajstić information content (AvgIpc) is 2.39. The van der Waals surface area contributed by atoms with Crippen LogP contribution < -0.4 is 4.90 Å². The highest BCUT2D eigenvalue weighted by Crippen LogP contribution is 2.29. The third-order valence-corrected chi connectivity index (χ3v) is 3.92. The van der Waals surface area contributed by atoms with Crippen molar-refractivity contribution in [3.63, 3.8) is 0 Å². The largest absolute Gasteiger partial charge is 0.379 e. The number of ether oxygens (including phenoxy) is 1. The SMILES string of the molecule is COC1CN(c2ccc([N+](=O)[O-])cc2C)CCC1C. The minimum Gasteiger partial charge on any atom is -0.379 e. The van der Waals surface area contributed by atoms with Crippen LogP contribution in [0.1, 0.15) is 18.9 Å². The molecule has 1 heterocycles. The topological polar surface area (TPSA) is 55.6 Å². The monoisotopic (exact) mass is 264 g/mol. The summed E-state index contributed by atoms with van der Waals surface area (Å²) >= 11 is 0. The fourth-order valence-electron chi connectivity index (χ4n) is 2.67. The van der Waals surface area contributed by atoms with E-state index < -0.39 is 0 Å². The summed E-state index contributed by atoms with van der Waals surface area (Å²) in [6.07, 6.45) is 1.30. The number of hydrogen-bond donors (Lipinski definition) is 0. The fourth-order valence-corrected chi connectivity index (χ4v) is 2.67. The number of rotatable bonds is 3. The van der Waals surface area contributed by atoms with Gasteiger partial charge in [-0.3, -0.25) is 10.1 Å². The lowest BCUT2D eigenvalue weighted by Crippen LogP contribution is -2.44. The van der Waals surface area contributed by atoms with Gasteiger partial charge in [0.15, 0.2) is 0 Å². The van der Waals surface area contributed by atoms with E-state index >= 15 is 0 Å². The summed E-state index contributed by atoms with van der Waals surface area (Å²) in [6.45, 7) is 5.94. The smallest absolute Gasteiger partial charge is 0.269 e. The fraction of sp³-hybridized carbons (Fsp3) is 0.571. The van der Waals surface area contributed by atoms with Gasteiger partial charge in [0.2, 0.25) is 0 Å². The second-order valence-electron chi connectivity index (χ2n) is 5.21. The minimum absolute atomic E-state index is 0.148. The summed E-state index contributed by atoms with van der Waals surface area (Å²) in [7, 11) is 1.74. The minimum atomic E-state index is -0.354. The molecule has 0 bridgehead atoms. The Kier molecular flexibility index (Phi) is 4.04. The third-order valence-electron chi connectivity index (χ3n) is 3.92. The average molecular weight is 264 g/mol. The number of nitro groups is 1. The Balaban J connectivity index is 2.20. The lowest BCUT2D eigenvalue weighted by atomic mass is 9.95. The van der Waals surface area contributed by atoms with Gasteiger partial charge in [0.1, 0.15) is 0 Å². The van der Waals surface area contributed by atoms with Crippen LogP contribution in [0.4, 0.5) is 11.4 Å². The van der Waals surface area contributed by atoms with Crippen molar-refractivity contribution in [2.75, 3.05) is 25.1 Å². The van der Waals surface area contributed by atoms with Gasteiger partial charge in [-0.2, -0.15) is 0 Å². The van der Waals surface area contributed by atoms with Crippen molar-refractivity contribution in [2.45, 2.75) is 26.4 Å². The van der Waals surface area contributed by atoms with Crippen molar-refractivity contribution in [1.29, 1.82) is 0 Å². The zero-order valence-electron chi connectivity index (χ0n) is 11.6. The van der Waals surface area contributed by atoms with Crippen molar-refractivity contribution in [1.82, 2.24) is 0 Å². The lowest BCUT2D eigenvalue weighted by Gasteiger charge is -2.38. The van der Waals surface area contributed by atoms with E-state index in [1.54, 1.807) is 19.2 Å². The molecule has 5 nitrogen and oxygen atoms in total. The van der Waals surface area contributed by atoms with Gasteiger partial charge in [-0.1, -0.05) is 6.92 Å². The first-order valence-corrected chi connectivity index (χ1v) is 6.55. The first-order valence-electron chi connectivity index (χ1n) is 6.55. The van der Waals surface area contributed by atoms with Crippen LogP contribution >= 0.6 is 0 Å². The van der Waals surface area contributed by atoms with E-state index in [1.165, 1.54) is 0 Å². The molecule has 2 unspecified atom stereocenters. The predicted molar refractivity (Wildman–Crippen MR) is 74.6 cm³/mol. The Hall–Kier alpha value is -1.62. The summed E-state index contributed by atoms with van der Waals surface area (Å²) in [4.78, 5) is 12.7. The number of aryl methyl sites for hydroxylation is 1. The molecular weight excluding hydrogens is 244 g/mol. The van der Waals surface area contributed by atoms with Crippen molar-refractivity contribution in [2.24, 2.45) is 5.92 Å². The van der Waals surface area contributed by atoms with Crippen molar-refractivity contribution in [3.8, 4) is 0 Å². The molecular formula is C14H20N2O3. The maximum absolute atomic E-state index is 10.8. The van der Waals surface area contributed by atoms with E-state index in [-0.39, 0.29) is 16.7 Å². The number of anilines is 1. The Morgan fingerprint density at radius 2 is 2.21 bits per heavy atom. The van der Waals surface area contributed by atoms with Gasteiger partial charge >= 0.3 is 0 Å². The molecule has 0 amide bonds. The molecule has 1 aromatic rings. The Bertz CT molecular complexity index is 476. The van der Waals surface area contributed by atoms with Crippen LogP contribution in [0.2, 0.25) is 0 Å². The first kappa shape index (κ1) is 13.8. The maximum atomic E-state index is 10.8. The molecule has 0 aliphatic carbocycles. The lowest BCUT2D eigenvalue weighted by molar-refractivity contribution is -0.384. The van der Waals surface area contributed by atoms with E-state index in [4.69, 9.17) is 4.74 Å². The molecule has 5 heteroatoms. The molecule has 2 atom stereocenters. The zero-order valence-corrected chi connectivity index (χ0v) is 11.6. The van der Waals surface area contributed by atoms with Gasteiger partial charge in [-0.05, 0) is 30.9 Å². The second-order valence-corrected chi connectivity index (χ2v) is 5.21. The zero-order chi connectivity index (χ0) is 14.0. The molecule has 1 aromatic carbocycles. The number of piperidine rings is 1. The standard InChI is InChI=1S/C14H20N2O3/c1-10-6-7-15(9-14(10)19-3)13-5-4-12(16(17)18)8-11(13)2/h4-5,8,10,14H,6-7,9H2,1-3H3. The normalized spacial score (nSPS) is 23.4. The highest BCUT2D eigenvalue weighted by Gasteiger charge is 2.27. The summed E-state index contributed by atoms with van der Waals surface area (Å²) < 4.78 is 5.51. The number of nitro benzene ring substituents is 1. The summed E-state index contributed by atoms with van der Waals surface area (Å²) in [5.41, 5.74) is 2.16. The van der Waals surface area contributed by atoms with Crippen molar-refractivity contribution >= 4 is 11.4 Å². The number of methoxy groups -OCH3 is 1. The molecule has 104 valence electrons. The van der Waals surface area contributed by atoms with Crippen LogP contribution in [0.15, 0.2) is 18.2 Å². The van der Waals surface area contributed by atoms with Crippen molar-refractivity contribution < 1.29 is 9.66 Å². The number of benzene rings is 1. The molecule has 0 spiro atoms. The highest BCUT2D eigenvalue weighted by atomic mass is 16.6. The van der Waals surface area contributed by atoms with Gasteiger partial charge < -0.3 is 9.64 Å². The molecule has 1 fully saturated rings.